The van der Waals surface area contributed by atoms with E-state index in [0.717, 1.165) is 0 Å². The Balaban J connectivity index is 1.48. The van der Waals surface area contributed by atoms with Gasteiger partial charge in [0.2, 0.25) is 5.89 Å². The number of hydrogen-bond donors (Lipinski definition) is 1. The lowest BCUT2D eigenvalue weighted by Crippen LogP contribution is -2.12. The summed E-state index contributed by atoms with van der Waals surface area (Å²) in [5, 5.41) is 10.9. The maximum Gasteiger partial charge on any atom is 0.322 e. The zero-order valence-corrected chi connectivity index (χ0v) is 15.3. The highest BCUT2D eigenvalue weighted by Gasteiger charge is 2.14. The first-order valence-electron chi connectivity index (χ1n) is 8.41. The number of halogens is 1. The Hall–Kier alpha value is -3.64. The van der Waals surface area contributed by atoms with E-state index in [9.17, 15) is 4.79 Å². The van der Waals surface area contributed by atoms with Crippen LogP contribution in [0.5, 0.6) is 11.5 Å². The minimum absolute atomic E-state index is 0.00523. The summed E-state index contributed by atoms with van der Waals surface area (Å²) >= 11 is 5.97. The quantitative estimate of drug-likeness (QED) is 0.490. The van der Waals surface area contributed by atoms with Crippen LogP contribution in [0, 0.1) is 0 Å². The molecular weight excluding hydrogens is 378 g/mol. The van der Waals surface area contributed by atoms with Crippen LogP contribution < -0.4 is 10.1 Å². The van der Waals surface area contributed by atoms with Gasteiger partial charge >= 0.3 is 6.01 Å². The van der Waals surface area contributed by atoms with E-state index in [1.165, 1.54) is 0 Å². The van der Waals surface area contributed by atoms with Gasteiger partial charge < -0.3 is 9.15 Å². The average Bonchev–Trinajstić information content (AvgIpc) is 3.17. The molecule has 0 aliphatic rings. The molecule has 0 unspecified atom stereocenters. The number of nitrogens with one attached hydrogen (secondary N) is 1. The number of benzene rings is 3. The van der Waals surface area contributed by atoms with Crippen LogP contribution in [0.2, 0.25) is 5.02 Å². The van der Waals surface area contributed by atoms with Gasteiger partial charge in [-0.1, -0.05) is 47.0 Å². The molecule has 4 rings (SSSR count). The van der Waals surface area contributed by atoms with Crippen molar-refractivity contribution < 1.29 is 13.9 Å². The molecule has 1 aromatic heterocycles. The van der Waals surface area contributed by atoms with Gasteiger partial charge in [-0.25, -0.2) is 0 Å². The zero-order valence-electron chi connectivity index (χ0n) is 14.5. The predicted octanol–water partition coefficient (Wildman–Crippen LogP) is 5.43. The first-order chi connectivity index (χ1) is 13.7. The molecule has 0 radical (unpaired) electrons. The first-order valence-corrected chi connectivity index (χ1v) is 8.79. The Labute approximate surface area is 165 Å². The fourth-order valence-corrected chi connectivity index (χ4v) is 2.70. The summed E-state index contributed by atoms with van der Waals surface area (Å²) in [5.41, 5.74) is 1.06. The minimum atomic E-state index is -0.389. The number of carbonyl (C=O) groups is 1. The lowest BCUT2D eigenvalue weighted by Gasteiger charge is -2.07. The van der Waals surface area contributed by atoms with Crippen molar-refractivity contribution >= 4 is 23.5 Å². The molecule has 6 nitrogen and oxygen atoms in total. The maximum atomic E-state index is 12.5. The number of aromatic nitrogens is 2. The van der Waals surface area contributed by atoms with Crippen molar-refractivity contribution in [1.29, 1.82) is 0 Å². The van der Waals surface area contributed by atoms with Crippen LogP contribution in [0.4, 0.5) is 6.01 Å². The van der Waals surface area contributed by atoms with Gasteiger partial charge in [-0.15, -0.1) is 5.10 Å². The molecule has 0 aliphatic heterocycles. The van der Waals surface area contributed by atoms with Crippen LogP contribution >= 0.6 is 11.6 Å². The number of amides is 1. The number of rotatable bonds is 5. The normalized spacial score (nSPS) is 10.5. The smallest absolute Gasteiger partial charge is 0.322 e. The standard InChI is InChI=1S/C21H14ClN3O3/c22-16-8-4-7-15(12-16)20-24-25-21(28-20)23-19(26)14-6-5-11-18(13-14)27-17-9-2-1-3-10-17/h1-13H,(H,23,25,26). The summed E-state index contributed by atoms with van der Waals surface area (Å²) in [6.07, 6.45) is 0. The average molecular weight is 392 g/mol. The summed E-state index contributed by atoms with van der Waals surface area (Å²) in [4.78, 5) is 12.5. The Morgan fingerprint density at radius 2 is 1.68 bits per heavy atom. The molecule has 0 saturated carbocycles. The number of ether oxygens (including phenoxy) is 1. The van der Waals surface area contributed by atoms with E-state index in [2.05, 4.69) is 15.5 Å². The Bertz CT molecular complexity index is 1110. The SMILES string of the molecule is O=C(Nc1nnc(-c2cccc(Cl)c2)o1)c1cccc(Oc2ccccc2)c1. The molecule has 1 amide bonds. The number of carbonyl (C=O) groups excluding carboxylic acids is 1. The number of nitrogens with zero attached hydrogens (tertiary/aromatic N) is 2. The van der Waals surface area contributed by atoms with E-state index < -0.39 is 0 Å². The molecule has 0 saturated heterocycles. The fourth-order valence-electron chi connectivity index (χ4n) is 2.51. The Morgan fingerprint density at radius 3 is 2.50 bits per heavy atom. The summed E-state index contributed by atoms with van der Waals surface area (Å²) in [6, 6.07) is 23.1. The van der Waals surface area contributed by atoms with Gasteiger partial charge in [-0.3, -0.25) is 10.1 Å². The van der Waals surface area contributed by atoms with Crippen molar-refractivity contribution in [3.8, 4) is 23.0 Å². The maximum absolute atomic E-state index is 12.5. The predicted molar refractivity (Wildman–Crippen MR) is 106 cm³/mol. The third kappa shape index (κ3) is 4.19. The monoisotopic (exact) mass is 391 g/mol. The van der Waals surface area contributed by atoms with Crippen molar-refractivity contribution in [2.24, 2.45) is 0 Å². The highest BCUT2D eigenvalue weighted by molar-refractivity contribution is 6.30. The Morgan fingerprint density at radius 1 is 0.893 bits per heavy atom. The van der Waals surface area contributed by atoms with Crippen molar-refractivity contribution in [2.45, 2.75) is 0 Å². The molecule has 0 fully saturated rings. The summed E-state index contributed by atoms with van der Waals surface area (Å²) in [5.74, 6) is 1.10. The molecule has 7 heteroatoms. The van der Waals surface area contributed by atoms with E-state index >= 15 is 0 Å². The molecule has 0 aliphatic carbocycles. The van der Waals surface area contributed by atoms with Gasteiger partial charge in [0.05, 0.1) is 0 Å². The van der Waals surface area contributed by atoms with E-state index in [1.807, 2.05) is 30.3 Å². The summed E-state index contributed by atoms with van der Waals surface area (Å²) in [6.45, 7) is 0. The number of para-hydroxylation sites is 1. The first kappa shape index (κ1) is 17.8. The third-order valence-corrected chi connectivity index (χ3v) is 4.03. The van der Waals surface area contributed by atoms with Crippen molar-refractivity contribution in [3.63, 3.8) is 0 Å². The molecule has 4 aromatic rings. The van der Waals surface area contributed by atoms with Gasteiger partial charge in [0.1, 0.15) is 11.5 Å². The summed E-state index contributed by atoms with van der Waals surface area (Å²) in [7, 11) is 0. The van der Waals surface area contributed by atoms with Crippen LogP contribution in [0.15, 0.2) is 83.3 Å². The van der Waals surface area contributed by atoms with Crippen LogP contribution in [0.25, 0.3) is 11.5 Å². The van der Waals surface area contributed by atoms with Crippen LogP contribution in [0.1, 0.15) is 10.4 Å². The molecule has 138 valence electrons. The molecular formula is C21H14ClN3O3. The topological polar surface area (TPSA) is 77.3 Å². The lowest BCUT2D eigenvalue weighted by molar-refractivity contribution is 0.102. The molecule has 0 atom stereocenters. The van der Waals surface area contributed by atoms with Crippen LogP contribution in [0.3, 0.4) is 0 Å². The number of hydrogen-bond acceptors (Lipinski definition) is 5. The second kappa shape index (κ2) is 7.94. The van der Waals surface area contributed by atoms with E-state index in [0.29, 0.717) is 27.6 Å². The summed E-state index contributed by atoms with van der Waals surface area (Å²) < 4.78 is 11.2. The Kier molecular flexibility index (Phi) is 5.03. The minimum Gasteiger partial charge on any atom is -0.457 e. The van der Waals surface area contributed by atoms with Crippen molar-refractivity contribution in [3.05, 3.63) is 89.4 Å². The van der Waals surface area contributed by atoms with Crippen LogP contribution in [-0.4, -0.2) is 16.1 Å². The van der Waals surface area contributed by atoms with Gasteiger partial charge in [0.25, 0.3) is 5.91 Å². The number of anilines is 1. The van der Waals surface area contributed by atoms with Gasteiger partial charge in [-0.2, -0.15) is 0 Å². The van der Waals surface area contributed by atoms with Gasteiger partial charge in [-0.05, 0) is 48.5 Å². The largest absolute Gasteiger partial charge is 0.457 e. The highest BCUT2D eigenvalue weighted by Crippen LogP contribution is 2.24. The molecule has 0 bridgehead atoms. The molecule has 1 N–H and O–H groups in total. The molecule has 3 aromatic carbocycles. The fraction of sp³-hybridized carbons (Fsp3) is 0. The third-order valence-electron chi connectivity index (χ3n) is 3.79. The second-order valence-corrected chi connectivity index (χ2v) is 6.26. The van der Waals surface area contributed by atoms with E-state index in [1.54, 1.807) is 48.5 Å². The zero-order chi connectivity index (χ0) is 19.3. The van der Waals surface area contributed by atoms with Crippen molar-refractivity contribution in [2.75, 3.05) is 5.32 Å². The molecule has 0 spiro atoms. The van der Waals surface area contributed by atoms with Gasteiger partial charge in [0.15, 0.2) is 0 Å². The van der Waals surface area contributed by atoms with Crippen molar-refractivity contribution in [1.82, 2.24) is 10.2 Å². The van der Waals surface area contributed by atoms with E-state index in [-0.39, 0.29) is 17.8 Å². The lowest BCUT2D eigenvalue weighted by atomic mass is 10.2. The van der Waals surface area contributed by atoms with Gasteiger partial charge in [0, 0.05) is 16.1 Å². The second-order valence-electron chi connectivity index (χ2n) is 5.82. The highest BCUT2D eigenvalue weighted by atomic mass is 35.5. The van der Waals surface area contributed by atoms with Crippen LogP contribution in [-0.2, 0) is 0 Å². The molecule has 1 heterocycles. The molecule has 28 heavy (non-hydrogen) atoms. The van der Waals surface area contributed by atoms with E-state index in [4.69, 9.17) is 20.8 Å².